The van der Waals surface area contributed by atoms with E-state index >= 15 is 0 Å². The SMILES string of the molecule is CC(=O)Nc1cc(OC2CCN(C)CC2)c(Cl)cn1. The van der Waals surface area contributed by atoms with Gasteiger partial charge >= 0.3 is 0 Å². The van der Waals surface area contributed by atoms with Crippen molar-refractivity contribution in [3.63, 3.8) is 0 Å². The lowest BCUT2D eigenvalue weighted by Gasteiger charge is -2.29. The highest BCUT2D eigenvalue weighted by atomic mass is 35.5. The Morgan fingerprint density at radius 2 is 2.21 bits per heavy atom. The van der Waals surface area contributed by atoms with Crippen molar-refractivity contribution in [1.29, 1.82) is 0 Å². The zero-order chi connectivity index (χ0) is 13.8. The summed E-state index contributed by atoms with van der Waals surface area (Å²) in [5, 5.41) is 3.09. The number of nitrogens with one attached hydrogen (secondary N) is 1. The van der Waals surface area contributed by atoms with E-state index in [0.717, 1.165) is 25.9 Å². The lowest BCUT2D eigenvalue weighted by Crippen LogP contribution is -2.35. The number of amides is 1. The molecule has 1 aliphatic rings. The topological polar surface area (TPSA) is 54.5 Å². The maximum Gasteiger partial charge on any atom is 0.222 e. The predicted molar refractivity (Wildman–Crippen MR) is 74.7 cm³/mol. The molecule has 0 bridgehead atoms. The first-order chi connectivity index (χ1) is 9.04. The average molecular weight is 284 g/mol. The molecule has 0 saturated carbocycles. The van der Waals surface area contributed by atoms with Gasteiger partial charge in [-0.1, -0.05) is 11.6 Å². The molecule has 104 valence electrons. The minimum atomic E-state index is -0.167. The number of carbonyl (C=O) groups is 1. The quantitative estimate of drug-likeness (QED) is 0.924. The normalized spacial score (nSPS) is 17.2. The number of piperidine rings is 1. The van der Waals surface area contributed by atoms with Gasteiger partial charge in [-0.3, -0.25) is 4.79 Å². The highest BCUT2D eigenvalue weighted by Crippen LogP contribution is 2.28. The largest absolute Gasteiger partial charge is 0.489 e. The van der Waals surface area contributed by atoms with Gasteiger partial charge in [-0.15, -0.1) is 0 Å². The molecule has 1 amide bonds. The van der Waals surface area contributed by atoms with Crippen LogP contribution in [0.25, 0.3) is 0 Å². The molecule has 2 heterocycles. The highest BCUT2D eigenvalue weighted by Gasteiger charge is 2.19. The summed E-state index contributed by atoms with van der Waals surface area (Å²) in [4.78, 5) is 17.3. The molecule has 0 unspecified atom stereocenters. The predicted octanol–water partition coefficient (Wildman–Crippen LogP) is 2.17. The molecular formula is C13H18ClN3O2. The second-order valence-corrected chi connectivity index (χ2v) is 5.21. The Labute approximate surface area is 117 Å². The first kappa shape index (κ1) is 14.1. The fourth-order valence-electron chi connectivity index (χ4n) is 2.04. The number of hydrogen-bond donors (Lipinski definition) is 1. The lowest BCUT2D eigenvalue weighted by atomic mass is 10.1. The number of aromatic nitrogens is 1. The third-order valence-corrected chi connectivity index (χ3v) is 3.37. The monoisotopic (exact) mass is 283 g/mol. The van der Waals surface area contributed by atoms with Crippen LogP contribution in [0.4, 0.5) is 5.82 Å². The van der Waals surface area contributed by atoms with Crippen molar-refractivity contribution in [2.75, 3.05) is 25.5 Å². The first-order valence-electron chi connectivity index (χ1n) is 6.33. The molecule has 1 aliphatic heterocycles. The number of nitrogens with zero attached hydrogens (tertiary/aromatic N) is 2. The zero-order valence-corrected chi connectivity index (χ0v) is 11.9. The minimum absolute atomic E-state index is 0.167. The number of hydrogen-bond acceptors (Lipinski definition) is 4. The van der Waals surface area contributed by atoms with E-state index in [1.807, 2.05) is 0 Å². The Morgan fingerprint density at radius 1 is 1.53 bits per heavy atom. The van der Waals surface area contributed by atoms with Crippen molar-refractivity contribution in [2.45, 2.75) is 25.9 Å². The van der Waals surface area contributed by atoms with Crippen LogP contribution in [0, 0.1) is 0 Å². The molecule has 1 saturated heterocycles. The van der Waals surface area contributed by atoms with E-state index in [9.17, 15) is 4.79 Å². The van der Waals surface area contributed by atoms with E-state index in [4.69, 9.17) is 16.3 Å². The third-order valence-electron chi connectivity index (χ3n) is 3.08. The number of ether oxygens (including phenoxy) is 1. The number of anilines is 1. The maximum absolute atomic E-state index is 11.0. The Bertz CT molecular complexity index is 459. The van der Waals surface area contributed by atoms with Crippen LogP contribution in [0.2, 0.25) is 5.02 Å². The van der Waals surface area contributed by atoms with E-state index < -0.39 is 0 Å². The Hall–Kier alpha value is -1.33. The molecular weight excluding hydrogens is 266 g/mol. The second kappa shape index (κ2) is 6.21. The van der Waals surface area contributed by atoms with Crippen molar-refractivity contribution < 1.29 is 9.53 Å². The molecule has 19 heavy (non-hydrogen) atoms. The van der Waals surface area contributed by atoms with Gasteiger partial charge in [-0.2, -0.15) is 0 Å². The van der Waals surface area contributed by atoms with Crippen LogP contribution in [0.3, 0.4) is 0 Å². The molecule has 5 nitrogen and oxygen atoms in total. The van der Waals surface area contributed by atoms with E-state index in [0.29, 0.717) is 16.6 Å². The van der Waals surface area contributed by atoms with Gasteiger partial charge in [0.1, 0.15) is 22.7 Å². The summed E-state index contributed by atoms with van der Waals surface area (Å²) >= 11 is 6.07. The molecule has 0 aromatic carbocycles. The van der Waals surface area contributed by atoms with Crippen molar-refractivity contribution in [2.24, 2.45) is 0 Å². The molecule has 0 radical (unpaired) electrons. The second-order valence-electron chi connectivity index (χ2n) is 4.80. The number of pyridine rings is 1. The summed E-state index contributed by atoms with van der Waals surface area (Å²) in [5.41, 5.74) is 0. The smallest absolute Gasteiger partial charge is 0.222 e. The number of likely N-dealkylation sites (tertiary alicyclic amines) is 1. The molecule has 2 rings (SSSR count). The molecule has 0 atom stereocenters. The number of rotatable bonds is 3. The van der Waals surface area contributed by atoms with E-state index in [2.05, 4.69) is 22.2 Å². The van der Waals surface area contributed by atoms with Gasteiger partial charge in [-0.25, -0.2) is 4.98 Å². The zero-order valence-electron chi connectivity index (χ0n) is 11.1. The number of halogens is 1. The minimum Gasteiger partial charge on any atom is -0.489 e. The summed E-state index contributed by atoms with van der Waals surface area (Å²) in [6, 6.07) is 1.67. The fourth-order valence-corrected chi connectivity index (χ4v) is 2.19. The van der Waals surface area contributed by atoms with E-state index in [1.165, 1.54) is 13.1 Å². The van der Waals surface area contributed by atoms with Gasteiger partial charge in [0, 0.05) is 26.1 Å². The summed E-state index contributed by atoms with van der Waals surface area (Å²) in [5.74, 6) is 0.870. The van der Waals surface area contributed by atoms with Crippen LogP contribution in [0.5, 0.6) is 5.75 Å². The first-order valence-corrected chi connectivity index (χ1v) is 6.70. The molecule has 6 heteroatoms. The highest BCUT2D eigenvalue weighted by molar-refractivity contribution is 6.32. The van der Waals surface area contributed by atoms with Crippen molar-refractivity contribution in [3.8, 4) is 5.75 Å². The van der Waals surface area contributed by atoms with Gasteiger partial charge in [0.25, 0.3) is 0 Å². The third kappa shape index (κ3) is 4.08. The van der Waals surface area contributed by atoms with Crippen LogP contribution in [-0.4, -0.2) is 42.0 Å². The fraction of sp³-hybridized carbons (Fsp3) is 0.538. The van der Waals surface area contributed by atoms with Crippen molar-refractivity contribution in [1.82, 2.24) is 9.88 Å². The Balaban J connectivity index is 2.04. The van der Waals surface area contributed by atoms with E-state index in [1.54, 1.807) is 6.07 Å². The molecule has 1 N–H and O–H groups in total. The van der Waals surface area contributed by atoms with E-state index in [-0.39, 0.29) is 12.0 Å². The molecule has 0 aliphatic carbocycles. The standard InChI is InChI=1S/C13H18ClN3O2/c1-9(18)16-13-7-12(11(14)8-15-13)19-10-3-5-17(2)6-4-10/h7-8,10H,3-6H2,1-2H3,(H,15,16,18). The Morgan fingerprint density at radius 3 is 2.84 bits per heavy atom. The molecule has 1 fully saturated rings. The van der Waals surface area contributed by atoms with Crippen LogP contribution < -0.4 is 10.1 Å². The summed E-state index contributed by atoms with van der Waals surface area (Å²) < 4.78 is 5.91. The van der Waals surface area contributed by atoms with Gasteiger partial charge in [0.05, 0.1) is 6.20 Å². The maximum atomic E-state index is 11.0. The summed E-state index contributed by atoms with van der Waals surface area (Å²) in [6.07, 6.45) is 3.62. The van der Waals surface area contributed by atoms with Gasteiger partial charge in [0.15, 0.2) is 0 Å². The Kier molecular flexibility index (Phi) is 4.61. The van der Waals surface area contributed by atoms with Gasteiger partial charge in [0.2, 0.25) is 5.91 Å². The lowest BCUT2D eigenvalue weighted by molar-refractivity contribution is -0.114. The summed E-state index contributed by atoms with van der Waals surface area (Å²) in [7, 11) is 2.10. The van der Waals surface area contributed by atoms with Crippen molar-refractivity contribution in [3.05, 3.63) is 17.3 Å². The molecule has 1 aromatic heterocycles. The molecule has 1 aromatic rings. The van der Waals surface area contributed by atoms with Crippen LogP contribution in [0.15, 0.2) is 12.3 Å². The van der Waals surface area contributed by atoms with Crippen molar-refractivity contribution >= 4 is 23.3 Å². The van der Waals surface area contributed by atoms with Gasteiger partial charge < -0.3 is 15.0 Å². The van der Waals surface area contributed by atoms with Crippen LogP contribution in [-0.2, 0) is 4.79 Å². The van der Waals surface area contributed by atoms with Crippen LogP contribution in [0.1, 0.15) is 19.8 Å². The average Bonchev–Trinajstić information content (AvgIpc) is 2.35. The number of carbonyl (C=O) groups excluding carboxylic acids is 1. The van der Waals surface area contributed by atoms with Crippen LogP contribution >= 0.6 is 11.6 Å². The molecule has 0 spiro atoms. The van der Waals surface area contributed by atoms with Gasteiger partial charge in [-0.05, 0) is 19.9 Å². The summed E-state index contributed by atoms with van der Waals surface area (Å²) in [6.45, 7) is 3.48.